The monoisotopic (exact) mass is 361 g/mol. The zero-order valence-corrected chi connectivity index (χ0v) is 15.2. The molecule has 0 aliphatic carbocycles. The van der Waals surface area contributed by atoms with E-state index in [1.807, 2.05) is 32.0 Å². The van der Waals surface area contributed by atoms with Crippen LogP contribution in [0, 0.1) is 6.92 Å². The Bertz CT molecular complexity index is 833. The van der Waals surface area contributed by atoms with Crippen molar-refractivity contribution in [2.45, 2.75) is 18.7 Å². The Kier molecular flexibility index (Phi) is 6.17. The van der Waals surface area contributed by atoms with Gasteiger partial charge < -0.3 is 10.6 Å². The number of anilines is 1. The highest BCUT2D eigenvalue weighted by Crippen LogP contribution is 2.15. The van der Waals surface area contributed by atoms with Crippen molar-refractivity contribution in [3.8, 4) is 0 Å². The molecule has 2 aromatic carbocycles. The number of rotatable bonds is 8. The lowest BCUT2D eigenvalue weighted by Gasteiger charge is -2.23. The van der Waals surface area contributed by atoms with E-state index in [2.05, 4.69) is 15.7 Å². The van der Waals surface area contributed by atoms with Crippen LogP contribution in [0.2, 0.25) is 0 Å². The van der Waals surface area contributed by atoms with E-state index in [0.29, 0.717) is 6.54 Å². The number of nitrogens with one attached hydrogen (secondary N) is 1. The van der Waals surface area contributed by atoms with E-state index < -0.39 is 15.9 Å². The maximum atomic E-state index is 12.3. The highest BCUT2D eigenvalue weighted by atomic mass is 32.2. The van der Waals surface area contributed by atoms with Gasteiger partial charge >= 0.3 is 0 Å². The van der Waals surface area contributed by atoms with Gasteiger partial charge in [0.1, 0.15) is 0 Å². The first-order chi connectivity index (χ1) is 11.8. The molecule has 3 N–H and O–H groups in total. The molecule has 134 valence electrons. The Morgan fingerprint density at radius 3 is 2.40 bits per heavy atom. The van der Waals surface area contributed by atoms with Crippen molar-refractivity contribution < 1.29 is 13.2 Å². The van der Waals surface area contributed by atoms with Crippen LogP contribution in [0.5, 0.6) is 0 Å². The fourth-order valence-electron chi connectivity index (χ4n) is 2.49. The highest BCUT2D eigenvalue weighted by molar-refractivity contribution is 7.89. The minimum absolute atomic E-state index is 0.108. The molecule has 0 saturated heterocycles. The predicted molar refractivity (Wildman–Crippen MR) is 99.2 cm³/mol. The van der Waals surface area contributed by atoms with Gasteiger partial charge in [0.25, 0.3) is 0 Å². The summed E-state index contributed by atoms with van der Waals surface area (Å²) in [6.45, 7) is 5.66. The lowest BCUT2D eigenvalue weighted by molar-refractivity contribution is 0.1000. The maximum absolute atomic E-state index is 12.3. The molecule has 0 aliphatic rings. The van der Waals surface area contributed by atoms with E-state index in [9.17, 15) is 13.2 Å². The number of nitrogens with zero attached hydrogens (tertiary/aromatic N) is 1. The minimum atomic E-state index is -3.63. The number of carbonyl (C=O) groups is 1. The molecule has 2 rings (SSSR count). The molecular weight excluding hydrogens is 338 g/mol. The van der Waals surface area contributed by atoms with Gasteiger partial charge in [0.05, 0.1) is 4.90 Å². The molecule has 6 nitrogen and oxygen atoms in total. The van der Waals surface area contributed by atoms with E-state index in [4.69, 9.17) is 5.73 Å². The van der Waals surface area contributed by atoms with Crippen molar-refractivity contribution in [2.75, 3.05) is 24.5 Å². The van der Waals surface area contributed by atoms with Crippen LogP contribution in [0.15, 0.2) is 53.4 Å². The van der Waals surface area contributed by atoms with Gasteiger partial charge in [0.15, 0.2) is 0 Å². The van der Waals surface area contributed by atoms with Crippen molar-refractivity contribution in [1.29, 1.82) is 0 Å². The normalized spacial score (nSPS) is 11.3. The molecule has 0 aromatic heterocycles. The Hall–Kier alpha value is -2.38. The van der Waals surface area contributed by atoms with Crippen LogP contribution in [0.3, 0.4) is 0 Å². The maximum Gasteiger partial charge on any atom is 0.248 e. The van der Waals surface area contributed by atoms with Crippen molar-refractivity contribution >= 4 is 21.6 Å². The highest BCUT2D eigenvalue weighted by Gasteiger charge is 2.14. The van der Waals surface area contributed by atoms with Gasteiger partial charge in [-0.2, -0.15) is 0 Å². The Morgan fingerprint density at radius 1 is 1.16 bits per heavy atom. The molecule has 0 unspecified atom stereocenters. The van der Waals surface area contributed by atoms with Crippen LogP contribution >= 0.6 is 0 Å². The van der Waals surface area contributed by atoms with Crippen molar-refractivity contribution in [3.05, 3.63) is 59.7 Å². The number of hydrogen-bond acceptors (Lipinski definition) is 4. The molecule has 25 heavy (non-hydrogen) atoms. The summed E-state index contributed by atoms with van der Waals surface area (Å²) >= 11 is 0. The van der Waals surface area contributed by atoms with Crippen LogP contribution in [-0.4, -0.2) is 34.0 Å². The van der Waals surface area contributed by atoms with Crippen LogP contribution < -0.4 is 15.4 Å². The first-order valence-corrected chi connectivity index (χ1v) is 9.53. The fraction of sp³-hybridized carbons (Fsp3) is 0.278. The summed E-state index contributed by atoms with van der Waals surface area (Å²) < 4.78 is 27.2. The first-order valence-electron chi connectivity index (χ1n) is 8.04. The van der Waals surface area contributed by atoms with Crippen molar-refractivity contribution in [3.63, 3.8) is 0 Å². The number of nitrogens with two attached hydrogens (primary N) is 1. The average molecular weight is 361 g/mol. The van der Waals surface area contributed by atoms with Gasteiger partial charge in [-0.05, 0) is 55.8 Å². The molecule has 7 heteroatoms. The zero-order chi connectivity index (χ0) is 18.4. The summed E-state index contributed by atoms with van der Waals surface area (Å²) in [4.78, 5) is 13.3. The van der Waals surface area contributed by atoms with E-state index >= 15 is 0 Å². The summed E-state index contributed by atoms with van der Waals surface area (Å²) in [7, 11) is -3.63. The lowest BCUT2D eigenvalue weighted by Crippen LogP contribution is -2.35. The number of hydrogen-bond donors (Lipinski definition) is 2. The molecule has 0 saturated carbocycles. The van der Waals surface area contributed by atoms with Crippen LogP contribution in [0.4, 0.5) is 5.69 Å². The van der Waals surface area contributed by atoms with Crippen LogP contribution in [0.1, 0.15) is 22.8 Å². The summed E-state index contributed by atoms with van der Waals surface area (Å²) in [6, 6.07) is 13.6. The van der Waals surface area contributed by atoms with E-state index in [-0.39, 0.29) is 17.0 Å². The molecule has 0 spiro atoms. The number of amides is 1. The predicted octanol–water partition coefficient (Wildman–Crippen LogP) is 1.90. The molecule has 0 bridgehead atoms. The van der Waals surface area contributed by atoms with Gasteiger partial charge in [0, 0.05) is 30.9 Å². The number of benzene rings is 2. The number of aryl methyl sites for hydroxylation is 1. The Labute approximate surface area is 148 Å². The van der Waals surface area contributed by atoms with Gasteiger partial charge in [-0.15, -0.1) is 0 Å². The molecule has 0 heterocycles. The van der Waals surface area contributed by atoms with Crippen LogP contribution in [-0.2, 0) is 10.0 Å². The quantitative estimate of drug-likeness (QED) is 0.751. The molecule has 2 aromatic rings. The second kappa shape index (κ2) is 8.13. The lowest BCUT2D eigenvalue weighted by atomic mass is 10.2. The van der Waals surface area contributed by atoms with Gasteiger partial charge in [-0.3, -0.25) is 4.79 Å². The SMILES string of the molecule is CCN(CCNS(=O)(=O)c1ccc(C(N)=O)cc1)c1cccc(C)c1. The smallest absolute Gasteiger partial charge is 0.248 e. The molecular formula is C18H23N3O3S. The molecule has 0 atom stereocenters. The van der Waals surface area contributed by atoms with Crippen LogP contribution in [0.25, 0.3) is 0 Å². The minimum Gasteiger partial charge on any atom is -0.370 e. The van der Waals surface area contributed by atoms with E-state index in [0.717, 1.165) is 17.8 Å². The largest absolute Gasteiger partial charge is 0.370 e. The number of primary amides is 1. The molecule has 0 fully saturated rings. The standard InChI is InChI=1S/C18H23N3O3S/c1-3-21(16-6-4-5-14(2)13-16)12-11-20-25(23,24)17-9-7-15(8-10-17)18(19)22/h4-10,13,20H,3,11-12H2,1-2H3,(H2,19,22). The van der Waals surface area contributed by atoms with Gasteiger partial charge in [0.2, 0.25) is 15.9 Å². The zero-order valence-electron chi connectivity index (χ0n) is 14.4. The fourth-order valence-corrected chi connectivity index (χ4v) is 3.51. The first kappa shape index (κ1) is 19.0. The van der Waals surface area contributed by atoms with Crippen molar-refractivity contribution in [1.82, 2.24) is 4.72 Å². The van der Waals surface area contributed by atoms with Crippen molar-refractivity contribution in [2.24, 2.45) is 5.73 Å². The number of carbonyl (C=O) groups excluding carboxylic acids is 1. The third-order valence-electron chi connectivity index (χ3n) is 3.87. The van der Waals surface area contributed by atoms with Gasteiger partial charge in [-0.25, -0.2) is 13.1 Å². The summed E-state index contributed by atoms with van der Waals surface area (Å²) in [5, 5.41) is 0. The number of likely N-dealkylation sites (N-methyl/N-ethyl adjacent to an activating group) is 1. The summed E-state index contributed by atoms with van der Waals surface area (Å²) in [6.07, 6.45) is 0. The summed E-state index contributed by atoms with van der Waals surface area (Å²) in [5.74, 6) is -0.589. The molecule has 0 aliphatic heterocycles. The second-order valence-electron chi connectivity index (χ2n) is 5.71. The Balaban J connectivity index is 2.00. The third kappa shape index (κ3) is 5.04. The number of sulfonamides is 1. The third-order valence-corrected chi connectivity index (χ3v) is 5.35. The molecule has 1 amide bonds. The van der Waals surface area contributed by atoms with Gasteiger partial charge in [-0.1, -0.05) is 12.1 Å². The Morgan fingerprint density at radius 2 is 1.84 bits per heavy atom. The summed E-state index contributed by atoms with van der Waals surface area (Å²) in [5.41, 5.74) is 7.65. The van der Waals surface area contributed by atoms with E-state index in [1.54, 1.807) is 0 Å². The van der Waals surface area contributed by atoms with E-state index in [1.165, 1.54) is 24.3 Å². The second-order valence-corrected chi connectivity index (χ2v) is 7.47. The topological polar surface area (TPSA) is 92.5 Å². The average Bonchev–Trinajstić information content (AvgIpc) is 2.58. The molecule has 0 radical (unpaired) electrons.